The third-order valence-corrected chi connectivity index (χ3v) is 6.33. The minimum atomic E-state index is -0.480. The van der Waals surface area contributed by atoms with Gasteiger partial charge in [-0.1, -0.05) is 24.1 Å². The van der Waals surface area contributed by atoms with Crippen LogP contribution in [0.4, 0.5) is 0 Å². The fourth-order valence-electron chi connectivity index (χ4n) is 4.35. The average Bonchev–Trinajstić information content (AvgIpc) is 3.26. The van der Waals surface area contributed by atoms with Crippen LogP contribution in [0.25, 0.3) is 0 Å². The van der Waals surface area contributed by atoms with Crippen molar-refractivity contribution >= 4 is 17.8 Å². The minimum absolute atomic E-state index is 0.0330. The number of likely N-dealkylation sites (tertiary alicyclic amines) is 2. The maximum atomic E-state index is 12.9. The van der Waals surface area contributed by atoms with Crippen molar-refractivity contribution in [1.29, 1.82) is 0 Å². The summed E-state index contributed by atoms with van der Waals surface area (Å²) < 4.78 is 4.66. The molecule has 2 saturated heterocycles. The highest BCUT2D eigenvalue weighted by atomic mass is 16.5. The number of rotatable bonds is 2. The number of carbonyl (C=O) groups excluding carboxylic acids is 3. The number of amides is 2. The first-order chi connectivity index (χ1) is 15.5. The molecule has 164 valence electrons. The highest BCUT2D eigenvalue weighted by Gasteiger charge is 2.43. The van der Waals surface area contributed by atoms with Crippen molar-refractivity contribution in [3.8, 4) is 11.8 Å². The number of methoxy groups -OCH3 is 1. The quantitative estimate of drug-likeness (QED) is 0.539. The molecule has 32 heavy (non-hydrogen) atoms. The van der Waals surface area contributed by atoms with Crippen molar-refractivity contribution in [2.24, 2.45) is 5.41 Å². The fraction of sp³-hybridized carbons (Fsp3) is 0.360. The summed E-state index contributed by atoms with van der Waals surface area (Å²) in [6, 6.07) is 12.6. The Morgan fingerprint density at radius 1 is 0.969 bits per heavy atom. The van der Waals surface area contributed by atoms with Gasteiger partial charge in [-0.05, 0) is 48.9 Å². The fourth-order valence-corrected chi connectivity index (χ4v) is 4.35. The third-order valence-electron chi connectivity index (χ3n) is 6.33. The molecule has 1 aromatic carbocycles. The van der Waals surface area contributed by atoms with E-state index in [1.165, 1.54) is 13.3 Å². The maximum Gasteiger partial charge on any atom is 0.339 e. The number of pyridine rings is 1. The van der Waals surface area contributed by atoms with Crippen LogP contribution in [0.2, 0.25) is 0 Å². The molecule has 2 amide bonds. The van der Waals surface area contributed by atoms with Gasteiger partial charge in [0.15, 0.2) is 0 Å². The van der Waals surface area contributed by atoms with Crippen molar-refractivity contribution in [3.05, 3.63) is 65.5 Å². The lowest BCUT2D eigenvalue weighted by Gasteiger charge is -2.38. The van der Waals surface area contributed by atoms with Crippen LogP contribution in [0, 0.1) is 17.3 Å². The molecule has 3 heterocycles. The molecule has 1 spiro atoms. The lowest BCUT2D eigenvalue weighted by atomic mass is 9.78. The molecule has 4 rings (SSSR count). The van der Waals surface area contributed by atoms with Crippen molar-refractivity contribution in [2.75, 3.05) is 33.3 Å². The van der Waals surface area contributed by atoms with Crippen molar-refractivity contribution in [2.45, 2.75) is 19.3 Å². The number of benzene rings is 1. The second-order valence-electron chi connectivity index (χ2n) is 8.31. The van der Waals surface area contributed by atoms with Gasteiger partial charge < -0.3 is 14.5 Å². The van der Waals surface area contributed by atoms with Crippen molar-refractivity contribution in [3.63, 3.8) is 0 Å². The summed E-state index contributed by atoms with van der Waals surface area (Å²) >= 11 is 0. The monoisotopic (exact) mass is 431 g/mol. The molecule has 2 aliphatic rings. The normalized spacial score (nSPS) is 16.9. The molecule has 0 bridgehead atoms. The van der Waals surface area contributed by atoms with Gasteiger partial charge in [-0.2, -0.15) is 0 Å². The number of esters is 1. The van der Waals surface area contributed by atoms with Crippen LogP contribution >= 0.6 is 0 Å². The molecule has 2 fully saturated rings. The number of hydrogen-bond acceptors (Lipinski definition) is 5. The Bertz CT molecular complexity index is 1060. The topological polar surface area (TPSA) is 79.8 Å². The van der Waals surface area contributed by atoms with Gasteiger partial charge in [0.25, 0.3) is 11.8 Å². The van der Waals surface area contributed by atoms with Gasteiger partial charge in [-0.25, -0.2) is 4.79 Å². The van der Waals surface area contributed by atoms with Crippen molar-refractivity contribution in [1.82, 2.24) is 14.8 Å². The zero-order valence-electron chi connectivity index (χ0n) is 18.0. The number of aromatic nitrogens is 1. The molecule has 7 nitrogen and oxygen atoms in total. The molecular formula is C25H25N3O4. The Labute approximate surface area is 187 Å². The minimum Gasteiger partial charge on any atom is -0.465 e. The van der Waals surface area contributed by atoms with Crippen molar-refractivity contribution < 1.29 is 19.1 Å². The van der Waals surface area contributed by atoms with Crippen LogP contribution in [-0.2, 0) is 9.53 Å². The van der Waals surface area contributed by atoms with E-state index in [1.807, 2.05) is 35.2 Å². The van der Waals surface area contributed by atoms with E-state index in [0.717, 1.165) is 24.8 Å². The van der Waals surface area contributed by atoms with Gasteiger partial charge in [0, 0.05) is 43.9 Å². The molecule has 7 heteroatoms. The summed E-state index contributed by atoms with van der Waals surface area (Å²) in [4.78, 5) is 44.7. The smallest absolute Gasteiger partial charge is 0.339 e. The molecule has 0 unspecified atom stereocenters. The second-order valence-corrected chi connectivity index (χ2v) is 8.31. The Kier molecular flexibility index (Phi) is 6.22. The van der Waals surface area contributed by atoms with E-state index in [9.17, 15) is 14.4 Å². The van der Waals surface area contributed by atoms with E-state index in [-0.39, 0.29) is 17.2 Å². The summed E-state index contributed by atoms with van der Waals surface area (Å²) in [5.41, 5.74) is 1.49. The number of piperidine rings is 1. The number of hydrogen-bond donors (Lipinski definition) is 0. The van der Waals surface area contributed by atoms with E-state index in [2.05, 4.69) is 21.6 Å². The van der Waals surface area contributed by atoms with Crippen LogP contribution in [0.5, 0.6) is 0 Å². The first-order valence-corrected chi connectivity index (χ1v) is 10.7. The maximum absolute atomic E-state index is 12.9. The number of nitrogens with zero attached hydrogens (tertiary/aromatic N) is 3. The van der Waals surface area contributed by atoms with Gasteiger partial charge in [0.1, 0.15) is 5.69 Å². The van der Waals surface area contributed by atoms with Crippen LogP contribution in [-0.4, -0.2) is 65.9 Å². The summed E-state index contributed by atoms with van der Waals surface area (Å²) in [7, 11) is 1.31. The van der Waals surface area contributed by atoms with E-state index >= 15 is 0 Å². The molecule has 0 radical (unpaired) electrons. The Balaban J connectivity index is 1.33. The zero-order valence-corrected chi connectivity index (χ0v) is 18.0. The highest BCUT2D eigenvalue weighted by molar-refractivity contribution is 5.95. The molecule has 2 aromatic rings. The Morgan fingerprint density at radius 3 is 2.28 bits per heavy atom. The SMILES string of the molecule is COC(=O)c1ccc(C(=O)N2CCC3(CCN(C(=O)C#Cc4ccccc4)CC3)C2)nc1. The Morgan fingerprint density at radius 2 is 1.66 bits per heavy atom. The number of ether oxygens (including phenoxy) is 1. The lowest BCUT2D eigenvalue weighted by Crippen LogP contribution is -2.44. The summed E-state index contributed by atoms with van der Waals surface area (Å²) in [6.45, 7) is 2.62. The zero-order chi connectivity index (χ0) is 22.6. The standard InChI is InChI=1S/C25H25N3O4/c1-32-24(31)20-8-9-21(26-17-20)23(30)28-16-13-25(18-28)11-14-27(15-12-25)22(29)10-7-19-5-3-2-4-6-19/h2-6,8-9,17H,11-16,18H2,1H3. The second kappa shape index (κ2) is 9.23. The summed E-state index contributed by atoms with van der Waals surface area (Å²) in [5.74, 6) is 4.91. The van der Waals surface area contributed by atoms with E-state index < -0.39 is 5.97 Å². The number of carbonyl (C=O) groups is 3. The molecular weight excluding hydrogens is 406 g/mol. The first-order valence-electron chi connectivity index (χ1n) is 10.7. The van der Waals surface area contributed by atoms with Crippen LogP contribution in [0.3, 0.4) is 0 Å². The molecule has 1 aromatic heterocycles. The molecule has 0 saturated carbocycles. The molecule has 2 aliphatic heterocycles. The average molecular weight is 431 g/mol. The first kappa shape index (κ1) is 21.6. The van der Waals surface area contributed by atoms with E-state index in [1.54, 1.807) is 17.0 Å². The van der Waals surface area contributed by atoms with Crippen LogP contribution in [0.15, 0.2) is 48.7 Å². The summed E-state index contributed by atoms with van der Waals surface area (Å²) in [6.07, 6.45) is 3.98. The molecule has 0 aliphatic carbocycles. The molecule has 0 N–H and O–H groups in total. The summed E-state index contributed by atoms with van der Waals surface area (Å²) in [5, 5.41) is 0. The van der Waals surface area contributed by atoms with Gasteiger partial charge in [-0.3, -0.25) is 14.6 Å². The predicted octanol–water partition coefficient (Wildman–Crippen LogP) is 2.37. The van der Waals surface area contributed by atoms with E-state index in [4.69, 9.17) is 0 Å². The van der Waals surface area contributed by atoms with Gasteiger partial charge >= 0.3 is 5.97 Å². The van der Waals surface area contributed by atoms with Crippen LogP contribution in [0.1, 0.15) is 45.7 Å². The predicted molar refractivity (Wildman–Crippen MR) is 118 cm³/mol. The van der Waals surface area contributed by atoms with Gasteiger partial charge in [0.2, 0.25) is 0 Å². The van der Waals surface area contributed by atoms with E-state index in [0.29, 0.717) is 37.4 Å². The van der Waals surface area contributed by atoms with Crippen LogP contribution < -0.4 is 0 Å². The highest BCUT2D eigenvalue weighted by Crippen LogP contribution is 2.40. The lowest BCUT2D eigenvalue weighted by molar-refractivity contribution is -0.127. The molecule has 0 atom stereocenters. The Hall–Kier alpha value is -3.66. The van der Waals surface area contributed by atoms with Gasteiger partial charge in [-0.15, -0.1) is 0 Å². The largest absolute Gasteiger partial charge is 0.465 e. The third kappa shape index (κ3) is 4.65. The van der Waals surface area contributed by atoms with Gasteiger partial charge in [0.05, 0.1) is 12.7 Å².